The summed E-state index contributed by atoms with van der Waals surface area (Å²) in [7, 11) is 3.57. The molecule has 1 saturated heterocycles. The van der Waals surface area contributed by atoms with Crippen molar-refractivity contribution in [3.63, 3.8) is 0 Å². The number of ether oxygens (including phenoxy) is 3. The van der Waals surface area contributed by atoms with Gasteiger partial charge in [-0.05, 0) is 6.54 Å². The van der Waals surface area contributed by atoms with Gasteiger partial charge in [0, 0.05) is 13.5 Å². The Balaban J connectivity index is 2.14. The first kappa shape index (κ1) is 13.3. The quantitative estimate of drug-likeness (QED) is 0.816. The van der Waals surface area contributed by atoms with Crippen molar-refractivity contribution in [2.45, 2.75) is 25.7 Å². The van der Waals surface area contributed by atoms with E-state index in [1.165, 1.54) is 0 Å². The third kappa shape index (κ3) is 2.82. The zero-order valence-corrected chi connectivity index (χ0v) is 11.2. The molecule has 0 aromatic carbocycles. The summed E-state index contributed by atoms with van der Waals surface area (Å²) in [6.45, 7) is 4.29. The molecular formula is C12H21N3O3. The smallest absolute Gasteiger partial charge is 0.161 e. The fourth-order valence-electron chi connectivity index (χ4n) is 2.26. The van der Waals surface area contributed by atoms with Gasteiger partial charge in [-0.25, -0.2) is 0 Å². The van der Waals surface area contributed by atoms with Crippen LogP contribution < -0.4 is 10.1 Å². The first-order chi connectivity index (χ1) is 8.76. The maximum atomic E-state index is 5.51. The fourth-order valence-corrected chi connectivity index (χ4v) is 2.26. The molecular weight excluding hydrogens is 234 g/mol. The van der Waals surface area contributed by atoms with Crippen molar-refractivity contribution in [1.82, 2.24) is 15.1 Å². The average Bonchev–Trinajstić information content (AvgIpc) is 2.98. The van der Waals surface area contributed by atoms with Crippen molar-refractivity contribution < 1.29 is 14.2 Å². The Hall–Kier alpha value is -1.11. The number of methoxy groups -OCH3 is 1. The third-order valence-electron chi connectivity index (χ3n) is 3.07. The van der Waals surface area contributed by atoms with E-state index in [9.17, 15) is 0 Å². The molecule has 1 fully saturated rings. The maximum absolute atomic E-state index is 5.51. The van der Waals surface area contributed by atoms with Crippen molar-refractivity contribution in [2.75, 3.05) is 26.9 Å². The lowest BCUT2D eigenvalue weighted by molar-refractivity contribution is -0.0534. The predicted octanol–water partition coefficient (Wildman–Crippen LogP) is 0.842. The van der Waals surface area contributed by atoms with Gasteiger partial charge in [0.15, 0.2) is 12.0 Å². The van der Waals surface area contributed by atoms with Crippen molar-refractivity contribution >= 4 is 0 Å². The van der Waals surface area contributed by atoms with Gasteiger partial charge in [0.2, 0.25) is 0 Å². The van der Waals surface area contributed by atoms with E-state index in [0.29, 0.717) is 13.2 Å². The van der Waals surface area contributed by atoms with E-state index in [1.54, 1.807) is 13.3 Å². The van der Waals surface area contributed by atoms with Gasteiger partial charge in [-0.15, -0.1) is 0 Å². The molecule has 2 heterocycles. The van der Waals surface area contributed by atoms with Gasteiger partial charge in [0.05, 0.1) is 38.3 Å². The molecule has 6 heteroatoms. The molecule has 0 aliphatic carbocycles. The lowest BCUT2D eigenvalue weighted by Crippen LogP contribution is -2.28. The minimum absolute atomic E-state index is 0.112. The molecule has 1 aromatic heterocycles. The van der Waals surface area contributed by atoms with Gasteiger partial charge < -0.3 is 19.5 Å². The summed E-state index contributed by atoms with van der Waals surface area (Å²) in [5.41, 5.74) is 1.03. The number of nitrogens with one attached hydrogen (secondary N) is 1. The molecule has 2 rings (SSSR count). The summed E-state index contributed by atoms with van der Waals surface area (Å²) in [6, 6.07) is 0.112. The monoisotopic (exact) mass is 255 g/mol. The van der Waals surface area contributed by atoms with Gasteiger partial charge in [-0.1, -0.05) is 6.92 Å². The second-order valence-electron chi connectivity index (χ2n) is 4.24. The van der Waals surface area contributed by atoms with Crippen molar-refractivity contribution in [2.24, 2.45) is 7.05 Å². The minimum Gasteiger partial charge on any atom is -0.493 e. The highest BCUT2D eigenvalue weighted by Gasteiger charge is 2.26. The summed E-state index contributed by atoms with van der Waals surface area (Å²) in [6.07, 6.45) is 2.34. The highest BCUT2D eigenvalue weighted by molar-refractivity contribution is 5.28. The van der Waals surface area contributed by atoms with Crippen LogP contribution in [0.4, 0.5) is 0 Å². The Kier molecular flexibility index (Phi) is 4.57. The molecule has 1 atom stereocenters. The average molecular weight is 255 g/mol. The summed E-state index contributed by atoms with van der Waals surface area (Å²) in [5, 5.41) is 7.66. The van der Waals surface area contributed by atoms with Crippen molar-refractivity contribution in [3.8, 4) is 5.75 Å². The molecule has 1 N–H and O–H groups in total. The van der Waals surface area contributed by atoms with Crippen LogP contribution in [-0.4, -0.2) is 42.9 Å². The summed E-state index contributed by atoms with van der Waals surface area (Å²) in [5.74, 6) is 0.793. The van der Waals surface area contributed by atoms with Crippen molar-refractivity contribution in [3.05, 3.63) is 11.9 Å². The second kappa shape index (κ2) is 6.17. The predicted molar refractivity (Wildman–Crippen MR) is 66.5 cm³/mol. The van der Waals surface area contributed by atoms with E-state index < -0.39 is 0 Å². The van der Waals surface area contributed by atoms with Crippen LogP contribution in [0.1, 0.15) is 25.1 Å². The number of rotatable bonds is 6. The van der Waals surface area contributed by atoms with E-state index in [-0.39, 0.29) is 12.3 Å². The standard InChI is InChI=1S/C12H21N3O3/c1-4-13-9(7-11-17-5-6-18-11)12-10(16-3)8-14-15(12)2/h8-9,11,13H,4-7H2,1-3H3. The van der Waals surface area contributed by atoms with Gasteiger partial charge in [0.1, 0.15) is 0 Å². The second-order valence-corrected chi connectivity index (χ2v) is 4.24. The van der Waals surface area contributed by atoms with Gasteiger partial charge in [-0.2, -0.15) is 5.10 Å². The van der Waals surface area contributed by atoms with E-state index in [0.717, 1.165) is 24.4 Å². The molecule has 0 bridgehead atoms. The minimum atomic E-state index is -0.145. The van der Waals surface area contributed by atoms with Crippen LogP contribution in [-0.2, 0) is 16.5 Å². The largest absolute Gasteiger partial charge is 0.493 e. The molecule has 1 aliphatic rings. The zero-order chi connectivity index (χ0) is 13.0. The number of nitrogens with zero attached hydrogens (tertiary/aromatic N) is 2. The topological polar surface area (TPSA) is 57.5 Å². The van der Waals surface area contributed by atoms with Crippen LogP contribution in [0.3, 0.4) is 0 Å². The highest BCUT2D eigenvalue weighted by Crippen LogP contribution is 2.29. The Morgan fingerprint density at radius 1 is 1.56 bits per heavy atom. The first-order valence-corrected chi connectivity index (χ1v) is 6.28. The van der Waals surface area contributed by atoms with E-state index in [2.05, 4.69) is 17.3 Å². The molecule has 0 radical (unpaired) electrons. The normalized spacial score (nSPS) is 18.2. The number of aromatic nitrogens is 2. The molecule has 102 valence electrons. The van der Waals surface area contributed by atoms with Crippen LogP contribution in [0.15, 0.2) is 6.20 Å². The maximum Gasteiger partial charge on any atom is 0.161 e. The van der Waals surface area contributed by atoms with Gasteiger partial charge >= 0.3 is 0 Å². The van der Waals surface area contributed by atoms with Gasteiger partial charge in [-0.3, -0.25) is 4.68 Å². The SMILES string of the molecule is CCNC(CC1OCCO1)c1c(OC)cnn1C. The molecule has 1 aliphatic heterocycles. The van der Waals surface area contributed by atoms with Crippen LogP contribution in [0.25, 0.3) is 0 Å². The van der Waals surface area contributed by atoms with Crippen molar-refractivity contribution in [1.29, 1.82) is 0 Å². The first-order valence-electron chi connectivity index (χ1n) is 6.28. The van der Waals surface area contributed by atoms with Crippen LogP contribution in [0.5, 0.6) is 5.75 Å². The van der Waals surface area contributed by atoms with E-state index in [4.69, 9.17) is 14.2 Å². The molecule has 6 nitrogen and oxygen atoms in total. The number of hydrogen-bond acceptors (Lipinski definition) is 5. The fraction of sp³-hybridized carbons (Fsp3) is 0.750. The van der Waals surface area contributed by atoms with E-state index >= 15 is 0 Å². The summed E-state index contributed by atoms with van der Waals surface area (Å²) in [4.78, 5) is 0. The summed E-state index contributed by atoms with van der Waals surface area (Å²) < 4.78 is 18.2. The Morgan fingerprint density at radius 2 is 2.28 bits per heavy atom. The molecule has 18 heavy (non-hydrogen) atoms. The number of aryl methyl sites for hydroxylation is 1. The highest BCUT2D eigenvalue weighted by atomic mass is 16.7. The lowest BCUT2D eigenvalue weighted by atomic mass is 10.1. The molecule has 0 amide bonds. The number of hydrogen-bond donors (Lipinski definition) is 1. The molecule has 0 saturated carbocycles. The summed E-state index contributed by atoms with van der Waals surface area (Å²) >= 11 is 0. The molecule has 1 unspecified atom stereocenters. The van der Waals surface area contributed by atoms with E-state index in [1.807, 2.05) is 11.7 Å². The molecule has 1 aromatic rings. The molecule has 0 spiro atoms. The third-order valence-corrected chi connectivity index (χ3v) is 3.07. The Labute approximate surface area is 107 Å². The van der Waals surface area contributed by atoms with Crippen LogP contribution >= 0.6 is 0 Å². The van der Waals surface area contributed by atoms with Gasteiger partial charge in [0.25, 0.3) is 0 Å². The lowest BCUT2D eigenvalue weighted by Gasteiger charge is -2.21. The Bertz CT molecular complexity index is 375. The van der Waals surface area contributed by atoms with Crippen LogP contribution in [0.2, 0.25) is 0 Å². The van der Waals surface area contributed by atoms with Crippen LogP contribution in [0, 0.1) is 0 Å². The Morgan fingerprint density at radius 3 is 2.89 bits per heavy atom. The zero-order valence-electron chi connectivity index (χ0n) is 11.2.